The van der Waals surface area contributed by atoms with Gasteiger partial charge in [0.15, 0.2) is 11.5 Å². The third-order valence-electron chi connectivity index (χ3n) is 4.67. The van der Waals surface area contributed by atoms with E-state index in [1.165, 1.54) is 17.7 Å². The molecule has 0 radical (unpaired) electrons. The fraction of sp³-hybridized carbons (Fsp3) is 0.250. The zero-order valence-electron chi connectivity index (χ0n) is 16.9. The second-order valence-electron chi connectivity index (χ2n) is 6.88. The molecule has 0 aliphatic carbocycles. The molecular weight excluding hydrogens is 469 g/mol. The van der Waals surface area contributed by atoms with Crippen LogP contribution in [-0.2, 0) is 13.2 Å². The summed E-state index contributed by atoms with van der Waals surface area (Å²) in [5.41, 5.74) is 3.01. The van der Waals surface area contributed by atoms with Crippen molar-refractivity contribution in [2.75, 3.05) is 6.61 Å². The van der Waals surface area contributed by atoms with Crippen LogP contribution in [0.2, 0.25) is 5.02 Å². The van der Waals surface area contributed by atoms with Crippen LogP contribution >= 0.6 is 27.5 Å². The van der Waals surface area contributed by atoms with E-state index in [2.05, 4.69) is 40.3 Å². The van der Waals surface area contributed by atoms with Gasteiger partial charge in [-0.3, -0.25) is 0 Å². The minimum absolute atomic E-state index is 0.209. The lowest BCUT2D eigenvalue weighted by atomic mass is 10.1. The van der Waals surface area contributed by atoms with E-state index in [0.29, 0.717) is 35.2 Å². The van der Waals surface area contributed by atoms with E-state index in [-0.39, 0.29) is 18.5 Å². The van der Waals surface area contributed by atoms with Gasteiger partial charge in [0.2, 0.25) is 0 Å². The molecule has 0 bridgehead atoms. The third kappa shape index (κ3) is 5.97. The second kappa shape index (κ2) is 10.8. The van der Waals surface area contributed by atoms with Crippen molar-refractivity contribution in [2.45, 2.75) is 33.0 Å². The van der Waals surface area contributed by atoms with Crippen LogP contribution in [0.15, 0.2) is 65.1 Å². The van der Waals surface area contributed by atoms with Crippen LogP contribution in [0.4, 0.5) is 4.39 Å². The lowest BCUT2D eigenvalue weighted by molar-refractivity contribution is 0.267. The minimum Gasteiger partial charge on any atom is -0.490 e. The standard InChI is InChI=1S/C24H24BrClFNO2/c1-3-29-23-12-17(14-28-16(2)18-7-5-4-6-8-18)11-21(25)24(23)30-15-19-9-10-20(27)13-22(19)26/h4-13,16,28H,3,14-15H2,1-2H3/t16-/m1/s1. The number of hydrogen-bond acceptors (Lipinski definition) is 3. The summed E-state index contributed by atoms with van der Waals surface area (Å²) in [6, 6.07) is 18.8. The Labute approximate surface area is 190 Å². The molecule has 0 fully saturated rings. The molecule has 6 heteroatoms. The van der Waals surface area contributed by atoms with Crippen molar-refractivity contribution in [3.8, 4) is 11.5 Å². The van der Waals surface area contributed by atoms with E-state index in [1.807, 2.05) is 37.3 Å². The predicted octanol–water partition coefficient (Wildman–Crippen LogP) is 7.07. The zero-order valence-corrected chi connectivity index (χ0v) is 19.3. The first-order chi connectivity index (χ1) is 14.5. The van der Waals surface area contributed by atoms with E-state index in [1.54, 1.807) is 6.07 Å². The molecule has 3 rings (SSSR count). The van der Waals surface area contributed by atoms with E-state index < -0.39 is 0 Å². The Hall–Kier alpha value is -2.08. The van der Waals surface area contributed by atoms with Crippen LogP contribution in [0.1, 0.15) is 36.6 Å². The largest absolute Gasteiger partial charge is 0.490 e. The van der Waals surface area contributed by atoms with Crippen molar-refractivity contribution >= 4 is 27.5 Å². The van der Waals surface area contributed by atoms with Crippen LogP contribution in [0.25, 0.3) is 0 Å². The number of hydrogen-bond donors (Lipinski definition) is 1. The van der Waals surface area contributed by atoms with Gasteiger partial charge in [-0.15, -0.1) is 0 Å². The molecule has 0 saturated carbocycles. The number of rotatable bonds is 9. The topological polar surface area (TPSA) is 30.5 Å². The molecule has 1 atom stereocenters. The van der Waals surface area contributed by atoms with Crippen LogP contribution in [0.3, 0.4) is 0 Å². The van der Waals surface area contributed by atoms with Crippen molar-refractivity contribution in [3.63, 3.8) is 0 Å². The van der Waals surface area contributed by atoms with E-state index >= 15 is 0 Å². The van der Waals surface area contributed by atoms with Crippen molar-refractivity contribution in [3.05, 3.63) is 92.7 Å². The van der Waals surface area contributed by atoms with Gasteiger partial charge in [-0.05, 0) is 65.2 Å². The number of ether oxygens (including phenoxy) is 2. The SMILES string of the molecule is CCOc1cc(CN[C@H](C)c2ccccc2)cc(Br)c1OCc1ccc(F)cc1Cl. The average Bonchev–Trinajstić information content (AvgIpc) is 2.73. The molecule has 1 N–H and O–H groups in total. The summed E-state index contributed by atoms with van der Waals surface area (Å²) in [6.45, 7) is 5.46. The maximum absolute atomic E-state index is 13.3. The lowest BCUT2D eigenvalue weighted by Gasteiger charge is -2.18. The van der Waals surface area contributed by atoms with Gasteiger partial charge in [-0.2, -0.15) is 0 Å². The van der Waals surface area contributed by atoms with Crippen molar-refractivity contribution in [1.82, 2.24) is 5.32 Å². The maximum Gasteiger partial charge on any atom is 0.175 e. The van der Waals surface area contributed by atoms with Crippen LogP contribution in [0, 0.1) is 5.82 Å². The average molecular weight is 493 g/mol. The molecule has 0 saturated heterocycles. The summed E-state index contributed by atoms with van der Waals surface area (Å²) in [6.07, 6.45) is 0. The molecule has 0 spiro atoms. The zero-order chi connectivity index (χ0) is 21.5. The van der Waals surface area contributed by atoms with Gasteiger partial charge in [0.05, 0.1) is 16.1 Å². The monoisotopic (exact) mass is 491 g/mol. The molecule has 0 unspecified atom stereocenters. The Bertz CT molecular complexity index is 984. The summed E-state index contributed by atoms with van der Waals surface area (Å²) in [7, 11) is 0. The molecule has 0 aromatic heterocycles. The number of nitrogens with one attached hydrogen (secondary N) is 1. The Morgan fingerprint density at radius 1 is 1.07 bits per heavy atom. The van der Waals surface area contributed by atoms with Crippen LogP contribution < -0.4 is 14.8 Å². The van der Waals surface area contributed by atoms with Gasteiger partial charge in [-0.1, -0.05) is 48.0 Å². The quantitative estimate of drug-likeness (QED) is 0.346. The van der Waals surface area contributed by atoms with Crippen LogP contribution in [-0.4, -0.2) is 6.61 Å². The first-order valence-corrected chi connectivity index (χ1v) is 10.9. The summed E-state index contributed by atoms with van der Waals surface area (Å²) in [5.74, 6) is 0.868. The fourth-order valence-electron chi connectivity index (χ4n) is 3.05. The van der Waals surface area contributed by atoms with Crippen LogP contribution in [0.5, 0.6) is 11.5 Å². The van der Waals surface area contributed by atoms with Gasteiger partial charge in [0.25, 0.3) is 0 Å². The van der Waals surface area contributed by atoms with Gasteiger partial charge in [-0.25, -0.2) is 4.39 Å². The Balaban J connectivity index is 1.73. The van der Waals surface area contributed by atoms with Gasteiger partial charge in [0, 0.05) is 18.2 Å². The van der Waals surface area contributed by atoms with Crippen molar-refractivity contribution in [2.24, 2.45) is 0 Å². The van der Waals surface area contributed by atoms with Crippen molar-refractivity contribution in [1.29, 1.82) is 0 Å². The highest BCUT2D eigenvalue weighted by Crippen LogP contribution is 2.38. The smallest absolute Gasteiger partial charge is 0.175 e. The number of benzene rings is 3. The highest BCUT2D eigenvalue weighted by atomic mass is 79.9. The summed E-state index contributed by atoms with van der Waals surface area (Å²) in [4.78, 5) is 0. The molecule has 0 aliphatic heterocycles. The number of halogens is 3. The highest BCUT2D eigenvalue weighted by Gasteiger charge is 2.14. The normalized spacial score (nSPS) is 11.9. The first-order valence-electron chi connectivity index (χ1n) is 9.78. The third-order valence-corrected chi connectivity index (χ3v) is 5.61. The molecule has 0 heterocycles. The molecule has 3 aromatic carbocycles. The van der Waals surface area contributed by atoms with Gasteiger partial charge >= 0.3 is 0 Å². The van der Waals surface area contributed by atoms with E-state index in [0.717, 1.165) is 10.0 Å². The van der Waals surface area contributed by atoms with E-state index in [4.69, 9.17) is 21.1 Å². The molecule has 158 valence electrons. The Morgan fingerprint density at radius 3 is 2.53 bits per heavy atom. The molecule has 3 nitrogen and oxygen atoms in total. The summed E-state index contributed by atoms with van der Waals surface area (Å²) in [5, 5.41) is 3.86. The van der Waals surface area contributed by atoms with Gasteiger partial charge in [0.1, 0.15) is 12.4 Å². The highest BCUT2D eigenvalue weighted by molar-refractivity contribution is 9.10. The van der Waals surface area contributed by atoms with E-state index in [9.17, 15) is 4.39 Å². The molecule has 0 amide bonds. The molecular formula is C24H24BrClFNO2. The Kier molecular flexibility index (Phi) is 8.14. The molecule has 3 aromatic rings. The predicted molar refractivity (Wildman–Crippen MR) is 123 cm³/mol. The minimum atomic E-state index is -0.374. The maximum atomic E-state index is 13.3. The van der Waals surface area contributed by atoms with Crippen molar-refractivity contribution < 1.29 is 13.9 Å². The fourth-order valence-corrected chi connectivity index (χ4v) is 3.87. The molecule has 30 heavy (non-hydrogen) atoms. The van der Waals surface area contributed by atoms with Gasteiger partial charge < -0.3 is 14.8 Å². The summed E-state index contributed by atoms with van der Waals surface area (Å²) < 4.78 is 25.8. The first kappa shape index (κ1) is 22.6. The summed E-state index contributed by atoms with van der Waals surface area (Å²) >= 11 is 9.71. The second-order valence-corrected chi connectivity index (χ2v) is 8.14. The Morgan fingerprint density at radius 2 is 1.83 bits per heavy atom. The lowest BCUT2D eigenvalue weighted by Crippen LogP contribution is -2.18. The molecule has 0 aliphatic rings.